The monoisotopic (exact) mass is 465 g/mol. The van der Waals surface area contributed by atoms with E-state index in [1.54, 1.807) is 12.1 Å². The molecule has 34 heavy (non-hydrogen) atoms. The van der Waals surface area contributed by atoms with Crippen molar-refractivity contribution in [2.24, 2.45) is 0 Å². The van der Waals surface area contributed by atoms with Crippen molar-refractivity contribution in [2.75, 3.05) is 6.16 Å². The molecule has 1 aromatic heterocycles. The number of fused-ring (bicyclic) bond motifs is 1. The van der Waals surface area contributed by atoms with E-state index < -0.39 is 7.26 Å². The van der Waals surface area contributed by atoms with Gasteiger partial charge in [0.05, 0.1) is 11.1 Å². The van der Waals surface area contributed by atoms with Gasteiger partial charge in [-0.25, -0.2) is 0 Å². The van der Waals surface area contributed by atoms with Gasteiger partial charge in [0.2, 0.25) is 0 Å². The third-order valence-electron chi connectivity index (χ3n) is 6.45. The number of nitro benzene ring substituents is 1. The van der Waals surface area contributed by atoms with E-state index in [4.69, 9.17) is 0 Å². The van der Waals surface area contributed by atoms with Crippen LogP contribution in [0.1, 0.15) is 6.42 Å². The molecule has 4 aromatic carbocycles. The van der Waals surface area contributed by atoms with Crippen LogP contribution in [-0.2, 0) is 6.54 Å². The maximum atomic E-state index is 11.7. The first-order valence-electron chi connectivity index (χ1n) is 11.5. The number of aryl methyl sites for hydroxylation is 1. The molecular formula is C29H26N2O2P+. The molecule has 0 fully saturated rings. The summed E-state index contributed by atoms with van der Waals surface area (Å²) in [7, 11) is -1.91. The molecule has 5 heteroatoms. The first-order chi connectivity index (χ1) is 16.7. The molecule has 0 saturated heterocycles. The lowest BCUT2D eigenvalue weighted by molar-refractivity contribution is -0.383. The third kappa shape index (κ3) is 4.02. The predicted molar refractivity (Wildman–Crippen MR) is 143 cm³/mol. The van der Waals surface area contributed by atoms with Crippen molar-refractivity contribution in [3.05, 3.63) is 132 Å². The Morgan fingerprint density at radius 2 is 1.21 bits per heavy atom. The zero-order valence-corrected chi connectivity index (χ0v) is 19.7. The largest absolute Gasteiger partial charge is 0.342 e. The molecule has 0 saturated carbocycles. The first-order valence-corrected chi connectivity index (χ1v) is 13.4. The van der Waals surface area contributed by atoms with Crippen LogP contribution in [0.15, 0.2) is 121 Å². The van der Waals surface area contributed by atoms with E-state index in [2.05, 4.69) is 91.0 Å². The number of para-hydroxylation sites is 1. The molecule has 0 bridgehead atoms. The van der Waals surface area contributed by atoms with E-state index in [9.17, 15) is 10.1 Å². The second-order valence-corrected chi connectivity index (χ2v) is 12.0. The second kappa shape index (κ2) is 9.62. The molecule has 0 N–H and O–H groups in total. The van der Waals surface area contributed by atoms with Gasteiger partial charge >= 0.3 is 0 Å². The lowest BCUT2D eigenvalue weighted by Gasteiger charge is -2.27. The maximum Gasteiger partial charge on any atom is 0.293 e. The average Bonchev–Trinajstić information content (AvgIpc) is 3.31. The summed E-state index contributed by atoms with van der Waals surface area (Å²) in [4.78, 5) is 11.4. The number of nitro groups is 1. The predicted octanol–water partition coefficient (Wildman–Crippen LogP) is 5.93. The van der Waals surface area contributed by atoms with E-state index in [1.807, 2.05) is 22.9 Å². The Kier molecular flexibility index (Phi) is 6.24. The molecule has 168 valence electrons. The van der Waals surface area contributed by atoms with Crippen molar-refractivity contribution in [1.29, 1.82) is 0 Å². The van der Waals surface area contributed by atoms with Crippen LogP contribution < -0.4 is 15.9 Å². The Bertz CT molecular complexity index is 1300. The normalized spacial score (nSPS) is 11.5. The Morgan fingerprint density at radius 1 is 0.676 bits per heavy atom. The highest BCUT2D eigenvalue weighted by molar-refractivity contribution is 7.95. The quantitative estimate of drug-likeness (QED) is 0.162. The Balaban J connectivity index is 1.57. The summed E-state index contributed by atoms with van der Waals surface area (Å²) in [6.45, 7) is 0.725. The van der Waals surface area contributed by atoms with Crippen LogP contribution in [0.25, 0.3) is 10.9 Å². The fraction of sp³-hybridized carbons (Fsp3) is 0.103. The average molecular weight is 466 g/mol. The number of nitrogens with zero attached hydrogens (tertiary/aromatic N) is 2. The highest BCUT2D eigenvalue weighted by atomic mass is 31.2. The van der Waals surface area contributed by atoms with Gasteiger partial charge in [-0.05, 0) is 42.5 Å². The lowest BCUT2D eigenvalue weighted by atomic mass is 10.2. The molecule has 0 radical (unpaired) electrons. The fourth-order valence-electron chi connectivity index (χ4n) is 4.93. The molecule has 5 aromatic rings. The lowest BCUT2D eigenvalue weighted by Crippen LogP contribution is -2.33. The number of hydrogen-bond acceptors (Lipinski definition) is 2. The van der Waals surface area contributed by atoms with Crippen molar-refractivity contribution >= 4 is 39.8 Å². The van der Waals surface area contributed by atoms with Crippen molar-refractivity contribution in [3.63, 3.8) is 0 Å². The van der Waals surface area contributed by atoms with Gasteiger partial charge < -0.3 is 4.57 Å². The van der Waals surface area contributed by atoms with Crippen molar-refractivity contribution in [2.45, 2.75) is 13.0 Å². The minimum atomic E-state index is -1.91. The van der Waals surface area contributed by atoms with Crippen LogP contribution in [0.4, 0.5) is 5.69 Å². The molecule has 0 atom stereocenters. The standard InChI is InChI=1S/C29H26N2O2P/c32-31(33)28-19-10-12-24-20-22-30(29(24)28)21-11-23-34(25-13-4-1-5-14-25,26-15-6-2-7-16-26)27-17-8-3-9-18-27/h1-10,12-20,22H,11,21,23H2/q+1. The van der Waals surface area contributed by atoms with Gasteiger partial charge in [0.25, 0.3) is 5.69 Å². The van der Waals surface area contributed by atoms with Crippen LogP contribution in [-0.4, -0.2) is 15.7 Å². The molecular weight excluding hydrogens is 439 g/mol. The van der Waals surface area contributed by atoms with Gasteiger partial charge in [-0.1, -0.05) is 66.7 Å². The van der Waals surface area contributed by atoms with Gasteiger partial charge in [0, 0.05) is 30.6 Å². The van der Waals surface area contributed by atoms with E-state index in [0.717, 1.165) is 24.5 Å². The van der Waals surface area contributed by atoms with Crippen LogP contribution in [0.2, 0.25) is 0 Å². The summed E-state index contributed by atoms with van der Waals surface area (Å²) in [6, 6.07) is 39.7. The van der Waals surface area contributed by atoms with E-state index in [0.29, 0.717) is 5.52 Å². The number of aromatic nitrogens is 1. The van der Waals surface area contributed by atoms with Crippen LogP contribution in [0.5, 0.6) is 0 Å². The third-order valence-corrected chi connectivity index (χ3v) is 11.0. The molecule has 5 rings (SSSR count). The SMILES string of the molecule is O=[N+]([O-])c1cccc2ccn(CCC[P+](c3ccccc3)(c3ccccc3)c3ccccc3)c12. The van der Waals surface area contributed by atoms with E-state index in [-0.39, 0.29) is 10.6 Å². The highest BCUT2D eigenvalue weighted by Crippen LogP contribution is 2.55. The fourth-order valence-corrected chi connectivity index (χ4v) is 9.26. The highest BCUT2D eigenvalue weighted by Gasteiger charge is 2.44. The van der Waals surface area contributed by atoms with Gasteiger partial charge in [-0.2, -0.15) is 0 Å². The Hall–Kier alpha value is -3.75. The molecule has 0 spiro atoms. The number of benzene rings is 4. The van der Waals surface area contributed by atoms with Gasteiger partial charge in [-0.3, -0.25) is 10.1 Å². The Morgan fingerprint density at radius 3 is 1.71 bits per heavy atom. The zero-order chi connectivity index (χ0) is 23.4. The van der Waals surface area contributed by atoms with Crippen molar-refractivity contribution in [1.82, 2.24) is 4.57 Å². The number of hydrogen-bond donors (Lipinski definition) is 0. The van der Waals surface area contributed by atoms with Gasteiger partial charge in [-0.15, -0.1) is 0 Å². The van der Waals surface area contributed by atoms with E-state index in [1.165, 1.54) is 15.9 Å². The van der Waals surface area contributed by atoms with E-state index >= 15 is 0 Å². The maximum absolute atomic E-state index is 11.7. The summed E-state index contributed by atoms with van der Waals surface area (Å²) < 4.78 is 2.04. The minimum absolute atomic E-state index is 0.165. The summed E-state index contributed by atoms with van der Waals surface area (Å²) >= 11 is 0. The van der Waals surface area contributed by atoms with Crippen LogP contribution >= 0.6 is 7.26 Å². The summed E-state index contributed by atoms with van der Waals surface area (Å²) in [5.74, 6) is 0. The van der Waals surface area contributed by atoms with Crippen molar-refractivity contribution in [3.8, 4) is 0 Å². The molecule has 0 unspecified atom stereocenters. The number of rotatable bonds is 8. The smallest absolute Gasteiger partial charge is 0.293 e. The molecule has 0 aliphatic carbocycles. The second-order valence-electron chi connectivity index (χ2n) is 8.37. The van der Waals surface area contributed by atoms with Gasteiger partial charge in [0.1, 0.15) is 28.7 Å². The summed E-state index contributed by atoms with van der Waals surface area (Å²) in [6.07, 6.45) is 3.86. The topological polar surface area (TPSA) is 48.1 Å². The molecule has 0 aliphatic rings. The molecule has 0 aliphatic heterocycles. The molecule has 0 amide bonds. The van der Waals surface area contributed by atoms with Crippen LogP contribution in [0.3, 0.4) is 0 Å². The molecule has 1 heterocycles. The summed E-state index contributed by atoms with van der Waals surface area (Å²) in [5, 5.41) is 16.6. The van der Waals surface area contributed by atoms with Gasteiger partial charge in [0.15, 0.2) is 0 Å². The Labute approximate surface area is 200 Å². The van der Waals surface area contributed by atoms with Crippen LogP contribution in [0, 0.1) is 10.1 Å². The first kappa shape index (κ1) is 22.1. The molecule has 4 nitrogen and oxygen atoms in total. The van der Waals surface area contributed by atoms with Crippen molar-refractivity contribution < 1.29 is 4.92 Å². The minimum Gasteiger partial charge on any atom is -0.342 e. The zero-order valence-electron chi connectivity index (χ0n) is 18.8. The number of non-ortho nitro benzene ring substituents is 1. The summed E-state index contributed by atoms with van der Waals surface area (Å²) in [5.41, 5.74) is 0.869.